The van der Waals surface area contributed by atoms with E-state index in [1.165, 1.54) is 11.3 Å². The third-order valence-corrected chi connectivity index (χ3v) is 7.00. The maximum absolute atomic E-state index is 12.6. The monoisotopic (exact) mass is 303 g/mol. The average molecular weight is 303 g/mol. The Hall–Kier alpha value is -0.430. The van der Waals surface area contributed by atoms with Crippen LogP contribution in [-0.2, 0) is 10.0 Å². The van der Waals surface area contributed by atoms with Crippen LogP contribution in [0.4, 0.5) is 0 Å². The first-order valence-corrected chi connectivity index (χ1v) is 8.92. The van der Waals surface area contributed by atoms with Crippen LogP contribution < -0.4 is 0 Å². The number of hydrogen-bond donors (Lipinski definition) is 1. The van der Waals surface area contributed by atoms with E-state index >= 15 is 0 Å². The lowest BCUT2D eigenvalue weighted by Crippen LogP contribution is -2.33. The lowest BCUT2D eigenvalue weighted by molar-refractivity contribution is 0.275. The first kappa shape index (κ1) is 15.0. The largest absolute Gasteiger partial charge is 0.396 e. The van der Waals surface area contributed by atoms with Crippen molar-refractivity contribution < 1.29 is 13.5 Å². The summed E-state index contributed by atoms with van der Waals surface area (Å²) in [5.74, 6) is 0. The Morgan fingerprint density at radius 3 is 2.53 bits per heavy atom. The quantitative estimate of drug-likeness (QED) is 0.786. The summed E-state index contributed by atoms with van der Waals surface area (Å²) in [6.07, 6.45) is 3.29. The van der Waals surface area contributed by atoms with Crippen molar-refractivity contribution in [2.45, 2.75) is 49.8 Å². The summed E-state index contributed by atoms with van der Waals surface area (Å²) in [7, 11) is -3.35. The van der Waals surface area contributed by atoms with E-state index in [0.717, 1.165) is 29.7 Å². The summed E-state index contributed by atoms with van der Waals surface area (Å²) < 4.78 is 27.4. The number of aliphatic hydroxyl groups excluding tert-OH is 1. The van der Waals surface area contributed by atoms with E-state index in [0.29, 0.717) is 17.2 Å². The Morgan fingerprint density at radius 1 is 1.37 bits per heavy atom. The predicted molar refractivity (Wildman–Crippen MR) is 77.0 cm³/mol. The minimum atomic E-state index is -3.35. The number of unbranched alkanes of at least 4 members (excludes halogenated alkanes) is 1. The second kappa shape index (κ2) is 5.91. The van der Waals surface area contributed by atoms with Crippen molar-refractivity contribution >= 4 is 21.4 Å². The van der Waals surface area contributed by atoms with Gasteiger partial charge in [0.2, 0.25) is 0 Å². The minimum absolute atomic E-state index is 0.121. The van der Waals surface area contributed by atoms with Gasteiger partial charge in [-0.25, -0.2) is 8.42 Å². The first-order valence-electron chi connectivity index (χ1n) is 6.66. The standard InChI is InChI=1S/C13H21NO3S2/c1-10-9-13(18-11(10)2)19(16,17)14(12-5-6-12)7-3-4-8-15/h9,12,15H,3-8H2,1-2H3. The van der Waals surface area contributed by atoms with E-state index in [1.807, 2.05) is 13.8 Å². The first-order chi connectivity index (χ1) is 8.96. The summed E-state index contributed by atoms with van der Waals surface area (Å²) in [5.41, 5.74) is 1.04. The van der Waals surface area contributed by atoms with Gasteiger partial charge in [-0.2, -0.15) is 4.31 Å². The average Bonchev–Trinajstić information content (AvgIpc) is 3.12. The second-order valence-electron chi connectivity index (χ2n) is 5.08. The number of aryl methyl sites for hydroxylation is 2. The molecule has 1 aromatic rings. The zero-order valence-corrected chi connectivity index (χ0v) is 13.1. The van der Waals surface area contributed by atoms with Gasteiger partial charge in [0.15, 0.2) is 0 Å². The maximum Gasteiger partial charge on any atom is 0.252 e. The summed E-state index contributed by atoms with van der Waals surface area (Å²) in [6, 6.07) is 1.95. The topological polar surface area (TPSA) is 57.6 Å². The van der Waals surface area contributed by atoms with Gasteiger partial charge < -0.3 is 5.11 Å². The fraction of sp³-hybridized carbons (Fsp3) is 0.692. The Kier molecular flexibility index (Phi) is 4.66. The van der Waals surface area contributed by atoms with Crippen LogP contribution in [0.1, 0.15) is 36.1 Å². The molecule has 108 valence electrons. The molecule has 0 aromatic carbocycles. The van der Waals surface area contributed by atoms with Gasteiger partial charge in [-0.1, -0.05) is 0 Å². The smallest absolute Gasteiger partial charge is 0.252 e. The molecular formula is C13H21NO3S2. The van der Waals surface area contributed by atoms with Crippen LogP contribution in [0.2, 0.25) is 0 Å². The summed E-state index contributed by atoms with van der Waals surface area (Å²) in [6.45, 7) is 4.53. The van der Waals surface area contributed by atoms with E-state index in [-0.39, 0.29) is 12.6 Å². The van der Waals surface area contributed by atoms with E-state index in [2.05, 4.69) is 0 Å². The van der Waals surface area contributed by atoms with Crippen molar-refractivity contribution in [1.82, 2.24) is 4.31 Å². The van der Waals surface area contributed by atoms with Gasteiger partial charge >= 0.3 is 0 Å². The maximum atomic E-state index is 12.6. The van der Waals surface area contributed by atoms with Gasteiger partial charge in [-0.3, -0.25) is 0 Å². The van der Waals surface area contributed by atoms with Crippen LogP contribution in [0.3, 0.4) is 0 Å². The highest BCUT2D eigenvalue weighted by Gasteiger charge is 2.38. The third-order valence-electron chi connectivity index (χ3n) is 3.45. The molecule has 1 fully saturated rings. The number of hydrogen-bond acceptors (Lipinski definition) is 4. The third kappa shape index (κ3) is 3.37. The zero-order chi connectivity index (χ0) is 14.0. The van der Waals surface area contributed by atoms with Gasteiger partial charge in [0.05, 0.1) is 0 Å². The second-order valence-corrected chi connectivity index (χ2v) is 8.46. The number of sulfonamides is 1. The molecule has 0 saturated heterocycles. The van der Waals surface area contributed by atoms with Gasteiger partial charge in [0, 0.05) is 24.1 Å². The molecular weight excluding hydrogens is 282 g/mol. The fourth-order valence-corrected chi connectivity index (χ4v) is 5.39. The lowest BCUT2D eigenvalue weighted by Gasteiger charge is -2.20. The van der Waals surface area contributed by atoms with Gasteiger partial charge in [-0.05, 0) is 51.2 Å². The Morgan fingerprint density at radius 2 is 2.05 bits per heavy atom. The summed E-state index contributed by atoms with van der Waals surface area (Å²) in [5, 5.41) is 8.83. The van der Waals surface area contributed by atoms with E-state index in [9.17, 15) is 8.42 Å². The molecule has 0 spiro atoms. The number of rotatable bonds is 7. The normalized spacial score (nSPS) is 16.2. The van der Waals surface area contributed by atoms with E-state index in [4.69, 9.17) is 5.11 Å². The molecule has 1 saturated carbocycles. The molecule has 0 radical (unpaired) electrons. The van der Waals surface area contributed by atoms with Crippen molar-refractivity contribution in [2.24, 2.45) is 0 Å². The van der Waals surface area contributed by atoms with Crippen LogP contribution in [0.15, 0.2) is 10.3 Å². The molecule has 0 unspecified atom stereocenters. The van der Waals surface area contributed by atoms with Crippen molar-refractivity contribution in [3.05, 3.63) is 16.5 Å². The number of nitrogens with zero attached hydrogens (tertiary/aromatic N) is 1. The highest BCUT2D eigenvalue weighted by molar-refractivity contribution is 7.91. The number of aliphatic hydroxyl groups is 1. The van der Waals surface area contributed by atoms with Crippen LogP contribution in [0, 0.1) is 13.8 Å². The van der Waals surface area contributed by atoms with Crippen molar-refractivity contribution in [3.63, 3.8) is 0 Å². The Labute approximate surface area is 119 Å². The molecule has 4 nitrogen and oxygen atoms in total. The van der Waals surface area contributed by atoms with Crippen molar-refractivity contribution in [1.29, 1.82) is 0 Å². The van der Waals surface area contributed by atoms with E-state index in [1.54, 1.807) is 10.4 Å². The van der Waals surface area contributed by atoms with Gasteiger partial charge in [0.1, 0.15) is 4.21 Å². The fourth-order valence-electron chi connectivity index (χ4n) is 2.02. The summed E-state index contributed by atoms with van der Waals surface area (Å²) >= 11 is 1.36. The molecule has 0 amide bonds. The van der Waals surface area contributed by atoms with Crippen LogP contribution in [-0.4, -0.2) is 37.0 Å². The number of thiophene rings is 1. The highest BCUT2D eigenvalue weighted by atomic mass is 32.2. The molecule has 1 aliphatic rings. The van der Waals surface area contributed by atoms with Crippen LogP contribution in [0.5, 0.6) is 0 Å². The SMILES string of the molecule is Cc1cc(S(=O)(=O)N(CCCCO)C2CC2)sc1C. The molecule has 2 rings (SSSR count). The molecule has 1 aliphatic carbocycles. The molecule has 1 heterocycles. The van der Waals surface area contributed by atoms with Crippen LogP contribution >= 0.6 is 11.3 Å². The minimum Gasteiger partial charge on any atom is -0.396 e. The summed E-state index contributed by atoms with van der Waals surface area (Å²) in [4.78, 5) is 1.06. The van der Waals surface area contributed by atoms with Crippen molar-refractivity contribution in [3.8, 4) is 0 Å². The van der Waals surface area contributed by atoms with Gasteiger partial charge in [-0.15, -0.1) is 11.3 Å². The molecule has 0 atom stereocenters. The zero-order valence-electron chi connectivity index (χ0n) is 11.4. The predicted octanol–water partition coefficient (Wildman–Crippen LogP) is 2.29. The van der Waals surface area contributed by atoms with Gasteiger partial charge in [0.25, 0.3) is 10.0 Å². The Bertz CT molecular complexity index is 513. The molecule has 6 heteroatoms. The lowest BCUT2D eigenvalue weighted by atomic mass is 10.3. The highest BCUT2D eigenvalue weighted by Crippen LogP contribution is 2.35. The molecule has 1 N–H and O–H groups in total. The van der Waals surface area contributed by atoms with Crippen molar-refractivity contribution in [2.75, 3.05) is 13.2 Å². The van der Waals surface area contributed by atoms with E-state index < -0.39 is 10.0 Å². The Balaban J connectivity index is 2.19. The molecule has 0 bridgehead atoms. The van der Waals surface area contributed by atoms with Crippen LogP contribution in [0.25, 0.3) is 0 Å². The molecule has 19 heavy (non-hydrogen) atoms. The molecule has 0 aliphatic heterocycles. The molecule has 1 aromatic heterocycles.